The second kappa shape index (κ2) is 7.61. The molecule has 6 heteroatoms. The first-order chi connectivity index (χ1) is 13.5. The Morgan fingerprint density at radius 2 is 1.93 bits per heavy atom. The maximum atomic E-state index is 13.1. The van der Waals surface area contributed by atoms with Crippen LogP contribution in [0.3, 0.4) is 0 Å². The van der Waals surface area contributed by atoms with Crippen molar-refractivity contribution in [2.24, 2.45) is 0 Å². The van der Waals surface area contributed by atoms with Gasteiger partial charge in [-0.25, -0.2) is 0 Å². The molecule has 0 fully saturated rings. The lowest BCUT2D eigenvalue weighted by atomic mass is 9.85. The predicted molar refractivity (Wildman–Crippen MR) is 113 cm³/mol. The van der Waals surface area contributed by atoms with Crippen molar-refractivity contribution in [2.75, 3.05) is 10.2 Å². The Morgan fingerprint density at radius 3 is 2.68 bits per heavy atom. The number of para-hydroxylation sites is 2. The summed E-state index contributed by atoms with van der Waals surface area (Å²) in [7, 11) is 0. The summed E-state index contributed by atoms with van der Waals surface area (Å²) in [5.74, 6) is 0.00368. The Hall–Kier alpha value is -2.30. The number of carbonyl (C=O) groups is 2. The van der Waals surface area contributed by atoms with Crippen molar-refractivity contribution in [1.29, 1.82) is 0 Å². The van der Waals surface area contributed by atoms with E-state index in [-0.39, 0.29) is 11.7 Å². The zero-order valence-electron chi connectivity index (χ0n) is 15.5. The van der Waals surface area contributed by atoms with Gasteiger partial charge < -0.3 is 5.32 Å². The first-order valence-corrected chi connectivity index (χ1v) is 10.2. The number of anilines is 2. The first kappa shape index (κ1) is 19.0. The van der Waals surface area contributed by atoms with Crippen molar-refractivity contribution in [3.63, 3.8) is 0 Å². The van der Waals surface area contributed by atoms with Crippen LogP contribution in [0.2, 0.25) is 10.0 Å². The highest BCUT2D eigenvalue weighted by Gasteiger charge is 2.39. The topological polar surface area (TPSA) is 49.4 Å². The highest BCUT2D eigenvalue weighted by molar-refractivity contribution is 6.42. The van der Waals surface area contributed by atoms with Gasteiger partial charge in [0.25, 0.3) is 0 Å². The van der Waals surface area contributed by atoms with Crippen molar-refractivity contribution in [3.8, 4) is 0 Å². The lowest BCUT2D eigenvalue weighted by Crippen LogP contribution is -2.37. The number of halogens is 2. The molecule has 144 valence electrons. The minimum Gasteiger partial charge on any atom is -0.357 e. The van der Waals surface area contributed by atoms with E-state index >= 15 is 0 Å². The number of benzene rings is 2. The third kappa shape index (κ3) is 3.21. The molecule has 2 aromatic rings. The van der Waals surface area contributed by atoms with Gasteiger partial charge in [-0.15, -0.1) is 0 Å². The summed E-state index contributed by atoms with van der Waals surface area (Å²) < 4.78 is 0. The molecular weight excluding hydrogens is 395 g/mol. The lowest BCUT2D eigenvalue weighted by molar-refractivity contribution is -0.118. The molecule has 4 nitrogen and oxygen atoms in total. The van der Waals surface area contributed by atoms with Crippen LogP contribution in [0.4, 0.5) is 11.4 Å². The Morgan fingerprint density at radius 1 is 1.14 bits per heavy atom. The van der Waals surface area contributed by atoms with Crippen LogP contribution < -0.4 is 10.2 Å². The van der Waals surface area contributed by atoms with E-state index in [4.69, 9.17) is 23.2 Å². The fraction of sp³-hybridized carbons (Fsp3) is 0.273. The third-order valence-electron chi connectivity index (χ3n) is 5.27. The van der Waals surface area contributed by atoms with E-state index in [0.717, 1.165) is 35.5 Å². The second-order valence-corrected chi connectivity index (χ2v) is 7.82. The summed E-state index contributed by atoms with van der Waals surface area (Å²) in [6.07, 6.45) is 2.36. The molecule has 0 saturated heterocycles. The van der Waals surface area contributed by atoms with Crippen LogP contribution in [0.25, 0.3) is 0 Å². The van der Waals surface area contributed by atoms with E-state index in [1.54, 1.807) is 17.0 Å². The first-order valence-electron chi connectivity index (χ1n) is 9.40. The summed E-state index contributed by atoms with van der Waals surface area (Å²) in [5, 5.41) is 4.27. The number of allylic oxidation sites excluding steroid dienone is 1. The number of ketones is 1. The van der Waals surface area contributed by atoms with Gasteiger partial charge in [-0.2, -0.15) is 0 Å². The van der Waals surface area contributed by atoms with E-state index in [0.29, 0.717) is 28.5 Å². The van der Waals surface area contributed by atoms with E-state index in [9.17, 15) is 9.59 Å². The van der Waals surface area contributed by atoms with Crippen LogP contribution in [0, 0.1) is 0 Å². The number of fused-ring (bicyclic) bond motifs is 1. The smallest absolute Gasteiger partial charge is 0.227 e. The van der Waals surface area contributed by atoms with Gasteiger partial charge in [0.1, 0.15) is 0 Å². The van der Waals surface area contributed by atoms with Gasteiger partial charge >= 0.3 is 0 Å². The molecule has 2 aliphatic rings. The van der Waals surface area contributed by atoms with E-state index in [2.05, 4.69) is 5.32 Å². The Bertz CT molecular complexity index is 1000. The SMILES string of the molecule is CCC(=O)N1c2ccccc2NC2=C(C(=O)CCC2)C1c1ccc(Cl)c(Cl)c1. The minimum atomic E-state index is -0.541. The van der Waals surface area contributed by atoms with Crippen LogP contribution in [-0.4, -0.2) is 11.7 Å². The van der Waals surface area contributed by atoms with Gasteiger partial charge in [-0.3, -0.25) is 14.5 Å². The fourth-order valence-electron chi connectivity index (χ4n) is 3.98. The van der Waals surface area contributed by atoms with Crippen LogP contribution in [0.1, 0.15) is 44.2 Å². The Kier molecular flexibility index (Phi) is 5.17. The molecule has 2 aromatic carbocycles. The molecule has 1 aliphatic heterocycles. The number of Topliss-reactive ketones (excluding diaryl/α,β-unsaturated/α-hetero) is 1. The number of nitrogens with one attached hydrogen (secondary N) is 1. The molecule has 28 heavy (non-hydrogen) atoms. The number of hydrogen-bond acceptors (Lipinski definition) is 3. The second-order valence-electron chi connectivity index (χ2n) is 7.00. The number of rotatable bonds is 2. The zero-order valence-corrected chi connectivity index (χ0v) is 17.0. The highest BCUT2D eigenvalue weighted by atomic mass is 35.5. The normalized spacial score (nSPS) is 18.9. The maximum Gasteiger partial charge on any atom is 0.227 e. The van der Waals surface area contributed by atoms with Crippen molar-refractivity contribution in [2.45, 2.75) is 38.6 Å². The molecule has 0 bridgehead atoms. The molecule has 4 rings (SSSR count). The highest BCUT2D eigenvalue weighted by Crippen LogP contribution is 2.45. The number of amides is 1. The van der Waals surface area contributed by atoms with E-state index in [1.807, 2.05) is 37.3 Å². The molecule has 0 radical (unpaired) electrons. The molecule has 1 N–H and O–H groups in total. The summed E-state index contributed by atoms with van der Waals surface area (Å²) in [6.45, 7) is 1.83. The van der Waals surface area contributed by atoms with Gasteiger partial charge in [0.15, 0.2) is 5.78 Å². The lowest BCUT2D eigenvalue weighted by Gasteiger charge is -2.34. The Balaban J connectivity index is 2.01. The van der Waals surface area contributed by atoms with Crippen LogP contribution >= 0.6 is 23.2 Å². The zero-order chi connectivity index (χ0) is 19.8. The standard InChI is InChI=1S/C22H20Cl2N2O2/c1-2-20(28)26-18-8-4-3-6-16(18)25-17-7-5-9-19(27)21(17)22(26)13-10-11-14(23)15(24)12-13/h3-4,6,8,10-12,22,25H,2,5,7,9H2,1H3. The van der Waals surface area contributed by atoms with Gasteiger partial charge in [-0.1, -0.05) is 48.3 Å². The van der Waals surface area contributed by atoms with Crippen LogP contribution in [0.15, 0.2) is 53.7 Å². The minimum absolute atomic E-state index is 0.0579. The predicted octanol–water partition coefficient (Wildman–Crippen LogP) is 5.91. The maximum absolute atomic E-state index is 13.1. The van der Waals surface area contributed by atoms with Gasteiger partial charge in [-0.05, 0) is 42.7 Å². The summed E-state index contributed by atoms with van der Waals surface area (Å²) in [6, 6.07) is 12.4. The van der Waals surface area contributed by atoms with Crippen molar-refractivity contribution in [1.82, 2.24) is 0 Å². The molecule has 0 spiro atoms. The molecule has 1 amide bonds. The summed E-state index contributed by atoms with van der Waals surface area (Å²) in [4.78, 5) is 27.9. The van der Waals surface area contributed by atoms with Crippen LogP contribution in [-0.2, 0) is 9.59 Å². The molecular formula is C22H20Cl2N2O2. The van der Waals surface area contributed by atoms with Crippen molar-refractivity contribution < 1.29 is 9.59 Å². The largest absolute Gasteiger partial charge is 0.357 e. The molecule has 0 saturated carbocycles. The molecule has 1 aliphatic carbocycles. The van der Waals surface area contributed by atoms with E-state index in [1.165, 1.54) is 0 Å². The van der Waals surface area contributed by atoms with E-state index < -0.39 is 6.04 Å². The monoisotopic (exact) mass is 414 g/mol. The van der Waals surface area contributed by atoms with Crippen molar-refractivity contribution >= 4 is 46.3 Å². The third-order valence-corrected chi connectivity index (χ3v) is 6.01. The number of carbonyl (C=O) groups excluding carboxylic acids is 2. The quantitative estimate of drug-likeness (QED) is 0.664. The van der Waals surface area contributed by atoms with Gasteiger partial charge in [0.05, 0.1) is 27.5 Å². The number of nitrogens with zero attached hydrogens (tertiary/aromatic N) is 1. The Labute approximate surface area is 174 Å². The molecule has 0 aromatic heterocycles. The molecule has 1 atom stereocenters. The van der Waals surface area contributed by atoms with Crippen molar-refractivity contribution in [3.05, 3.63) is 69.3 Å². The summed E-state index contributed by atoms with van der Waals surface area (Å²) in [5.41, 5.74) is 3.88. The average molecular weight is 415 g/mol. The molecule has 1 unspecified atom stereocenters. The van der Waals surface area contributed by atoms with Gasteiger partial charge in [0, 0.05) is 24.1 Å². The fourth-order valence-corrected chi connectivity index (χ4v) is 4.28. The van der Waals surface area contributed by atoms with Gasteiger partial charge in [0.2, 0.25) is 5.91 Å². The summed E-state index contributed by atoms with van der Waals surface area (Å²) >= 11 is 12.4. The van der Waals surface area contributed by atoms with Crippen LogP contribution in [0.5, 0.6) is 0 Å². The average Bonchev–Trinajstić information content (AvgIpc) is 2.84. The molecule has 1 heterocycles. The number of hydrogen-bond donors (Lipinski definition) is 1.